The van der Waals surface area contributed by atoms with Gasteiger partial charge in [0, 0.05) is 52.5 Å². The fourth-order valence-electron chi connectivity index (χ4n) is 3.62. The van der Waals surface area contributed by atoms with Crippen LogP contribution in [0, 0.1) is 5.92 Å². The first-order valence-corrected chi connectivity index (χ1v) is 9.71. The minimum Gasteiger partial charge on any atom is -0.381 e. The van der Waals surface area contributed by atoms with Crippen LogP contribution in [0.3, 0.4) is 0 Å². The number of rotatable bonds is 6. The molecule has 0 bridgehead atoms. The van der Waals surface area contributed by atoms with Gasteiger partial charge in [-0.25, -0.2) is 0 Å². The molecule has 3 rings (SSSR count). The van der Waals surface area contributed by atoms with E-state index in [2.05, 4.69) is 46.4 Å². The first kappa shape index (κ1) is 19.3. The quantitative estimate of drug-likeness (QED) is 0.785. The molecule has 2 saturated heterocycles. The monoisotopic (exact) mass is 360 g/mol. The molecule has 26 heavy (non-hydrogen) atoms. The molecule has 1 amide bonds. The number of nitrogens with two attached hydrogens (primary N) is 1. The SMILES string of the molecule is CN1CCN(Cc2ccc(CNC(=O)C(N)C3CCOCC3)cc2)CC1. The summed E-state index contributed by atoms with van der Waals surface area (Å²) in [6, 6.07) is 8.10. The number of ether oxygens (including phenoxy) is 1. The summed E-state index contributed by atoms with van der Waals surface area (Å²) in [7, 11) is 2.17. The summed E-state index contributed by atoms with van der Waals surface area (Å²) in [5.74, 6) is 0.174. The molecule has 6 heteroatoms. The predicted octanol–water partition coefficient (Wildman–Crippen LogP) is 0.804. The largest absolute Gasteiger partial charge is 0.381 e. The first-order chi connectivity index (χ1) is 12.6. The molecule has 1 aromatic rings. The lowest BCUT2D eigenvalue weighted by molar-refractivity contribution is -0.124. The molecular formula is C20H32N4O2. The molecule has 0 aliphatic carbocycles. The van der Waals surface area contributed by atoms with E-state index in [1.807, 2.05) is 0 Å². The average Bonchev–Trinajstić information content (AvgIpc) is 2.69. The predicted molar refractivity (Wildman–Crippen MR) is 103 cm³/mol. The number of carbonyl (C=O) groups is 1. The zero-order valence-electron chi connectivity index (χ0n) is 15.8. The summed E-state index contributed by atoms with van der Waals surface area (Å²) in [6.45, 7) is 7.46. The Morgan fingerprint density at radius 3 is 2.42 bits per heavy atom. The Bertz CT molecular complexity index is 564. The molecule has 0 aromatic heterocycles. The lowest BCUT2D eigenvalue weighted by atomic mass is 9.92. The molecule has 6 nitrogen and oxygen atoms in total. The number of hydrogen-bond donors (Lipinski definition) is 2. The van der Waals surface area contributed by atoms with Crippen molar-refractivity contribution in [3.8, 4) is 0 Å². The molecule has 1 atom stereocenters. The Labute approximate surface area is 156 Å². The number of amides is 1. The lowest BCUT2D eigenvalue weighted by Gasteiger charge is -2.32. The third-order valence-electron chi connectivity index (χ3n) is 5.57. The van der Waals surface area contributed by atoms with E-state index in [0.717, 1.165) is 51.1 Å². The van der Waals surface area contributed by atoms with Crippen LogP contribution in [-0.2, 0) is 22.6 Å². The van der Waals surface area contributed by atoms with Gasteiger partial charge in [0.05, 0.1) is 6.04 Å². The maximum Gasteiger partial charge on any atom is 0.237 e. The van der Waals surface area contributed by atoms with Crippen LogP contribution < -0.4 is 11.1 Å². The average molecular weight is 361 g/mol. The van der Waals surface area contributed by atoms with Crippen molar-refractivity contribution in [2.45, 2.75) is 32.0 Å². The van der Waals surface area contributed by atoms with Gasteiger partial charge in [0.1, 0.15) is 0 Å². The Morgan fingerprint density at radius 2 is 1.77 bits per heavy atom. The summed E-state index contributed by atoms with van der Waals surface area (Å²) >= 11 is 0. The number of piperazine rings is 1. The van der Waals surface area contributed by atoms with Crippen LogP contribution >= 0.6 is 0 Å². The molecule has 2 fully saturated rings. The van der Waals surface area contributed by atoms with Crippen LogP contribution in [0.2, 0.25) is 0 Å². The first-order valence-electron chi connectivity index (χ1n) is 9.71. The number of nitrogens with one attached hydrogen (secondary N) is 1. The highest BCUT2D eigenvalue weighted by atomic mass is 16.5. The van der Waals surface area contributed by atoms with Crippen molar-refractivity contribution in [3.63, 3.8) is 0 Å². The van der Waals surface area contributed by atoms with Gasteiger partial charge in [-0.2, -0.15) is 0 Å². The zero-order valence-corrected chi connectivity index (χ0v) is 15.8. The van der Waals surface area contributed by atoms with Gasteiger partial charge in [0.2, 0.25) is 5.91 Å². The van der Waals surface area contributed by atoms with Crippen LogP contribution in [0.25, 0.3) is 0 Å². The number of nitrogens with zero attached hydrogens (tertiary/aromatic N) is 2. The zero-order chi connectivity index (χ0) is 18.4. The van der Waals surface area contributed by atoms with Gasteiger partial charge in [-0.3, -0.25) is 9.69 Å². The lowest BCUT2D eigenvalue weighted by Crippen LogP contribution is -2.46. The van der Waals surface area contributed by atoms with E-state index in [9.17, 15) is 4.79 Å². The van der Waals surface area contributed by atoms with Gasteiger partial charge < -0.3 is 20.7 Å². The van der Waals surface area contributed by atoms with Crippen molar-refractivity contribution in [1.82, 2.24) is 15.1 Å². The van der Waals surface area contributed by atoms with Gasteiger partial charge in [-0.15, -0.1) is 0 Å². The summed E-state index contributed by atoms with van der Waals surface area (Å²) in [5.41, 5.74) is 8.55. The van der Waals surface area contributed by atoms with E-state index in [-0.39, 0.29) is 11.8 Å². The van der Waals surface area contributed by atoms with E-state index in [0.29, 0.717) is 19.8 Å². The Morgan fingerprint density at radius 1 is 1.15 bits per heavy atom. The molecular weight excluding hydrogens is 328 g/mol. The van der Waals surface area contributed by atoms with E-state index >= 15 is 0 Å². The fraction of sp³-hybridized carbons (Fsp3) is 0.650. The summed E-state index contributed by atoms with van der Waals surface area (Å²) in [4.78, 5) is 17.1. The van der Waals surface area contributed by atoms with Gasteiger partial charge in [0.25, 0.3) is 0 Å². The smallest absolute Gasteiger partial charge is 0.237 e. The molecule has 3 N–H and O–H groups in total. The Balaban J connectivity index is 1.43. The second-order valence-corrected chi connectivity index (χ2v) is 7.59. The second-order valence-electron chi connectivity index (χ2n) is 7.59. The van der Waals surface area contributed by atoms with Crippen molar-refractivity contribution in [2.75, 3.05) is 46.4 Å². The maximum absolute atomic E-state index is 12.3. The van der Waals surface area contributed by atoms with Gasteiger partial charge in [-0.05, 0) is 36.9 Å². The number of carbonyl (C=O) groups excluding carboxylic acids is 1. The van der Waals surface area contributed by atoms with Crippen LogP contribution in [0.4, 0.5) is 0 Å². The van der Waals surface area contributed by atoms with Crippen LogP contribution in [0.5, 0.6) is 0 Å². The molecule has 2 aliphatic rings. The fourth-order valence-corrected chi connectivity index (χ4v) is 3.62. The summed E-state index contributed by atoms with van der Waals surface area (Å²) < 4.78 is 5.34. The summed E-state index contributed by atoms with van der Waals surface area (Å²) in [5, 5.41) is 2.98. The van der Waals surface area contributed by atoms with Crippen molar-refractivity contribution < 1.29 is 9.53 Å². The van der Waals surface area contributed by atoms with E-state index in [1.165, 1.54) is 5.56 Å². The molecule has 2 heterocycles. The molecule has 1 unspecified atom stereocenters. The minimum absolute atomic E-state index is 0.0570. The van der Waals surface area contributed by atoms with Crippen molar-refractivity contribution in [2.24, 2.45) is 11.7 Å². The van der Waals surface area contributed by atoms with Crippen molar-refractivity contribution in [1.29, 1.82) is 0 Å². The maximum atomic E-state index is 12.3. The highest BCUT2D eigenvalue weighted by Crippen LogP contribution is 2.17. The van der Waals surface area contributed by atoms with Crippen LogP contribution in [0.1, 0.15) is 24.0 Å². The highest BCUT2D eigenvalue weighted by molar-refractivity contribution is 5.81. The third kappa shape index (κ3) is 5.51. The van der Waals surface area contributed by atoms with Gasteiger partial charge in [0.15, 0.2) is 0 Å². The van der Waals surface area contributed by atoms with Crippen LogP contribution in [0.15, 0.2) is 24.3 Å². The normalized spacial score (nSPS) is 21.5. The molecule has 0 radical (unpaired) electrons. The molecule has 1 aromatic carbocycles. The molecule has 0 spiro atoms. The molecule has 0 saturated carbocycles. The number of hydrogen-bond acceptors (Lipinski definition) is 5. The summed E-state index contributed by atoms with van der Waals surface area (Å²) in [6.07, 6.45) is 1.74. The molecule has 144 valence electrons. The van der Waals surface area contributed by atoms with Gasteiger partial charge in [-0.1, -0.05) is 24.3 Å². The third-order valence-corrected chi connectivity index (χ3v) is 5.57. The highest BCUT2D eigenvalue weighted by Gasteiger charge is 2.26. The Kier molecular flexibility index (Phi) is 7.02. The van der Waals surface area contributed by atoms with Gasteiger partial charge >= 0.3 is 0 Å². The minimum atomic E-state index is -0.435. The van der Waals surface area contributed by atoms with Crippen molar-refractivity contribution >= 4 is 5.91 Å². The molecule has 2 aliphatic heterocycles. The standard InChI is InChI=1S/C20H32N4O2/c1-23-8-10-24(11-9-23)15-17-4-2-16(3-5-17)14-22-20(25)19(21)18-6-12-26-13-7-18/h2-5,18-19H,6-15,21H2,1H3,(H,22,25). The van der Waals surface area contributed by atoms with E-state index in [1.54, 1.807) is 0 Å². The van der Waals surface area contributed by atoms with E-state index in [4.69, 9.17) is 10.5 Å². The van der Waals surface area contributed by atoms with Crippen molar-refractivity contribution in [3.05, 3.63) is 35.4 Å². The number of likely N-dealkylation sites (N-methyl/N-ethyl adjacent to an activating group) is 1. The van der Waals surface area contributed by atoms with E-state index < -0.39 is 6.04 Å². The van der Waals surface area contributed by atoms with Crippen LogP contribution in [-0.4, -0.2) is 68.2 Å². The Hall–Kier alpha value is -1.47. The topological polar surface area (TPSA) is 70.8 Å². The number of benzene rings is 1. The second kappa shape index (κ2) is 9.46.